The first-order chi connectivity index (χ1) is 9.79. The zero-order valence-electron chi connectivity index (χ0n) is 11.7. The van der Waals surface area contributed by atoms with E-state index in [-0.39, 0.29) is 37.8 Å². The van der Waals surface area contributed by atoms with Gasteiger partial charge in [0, 0.05) is 19.0 Å². The molecule has 1 saturated carbocycles. The lowest BCUT2D eigenvalue weighted by molar-refractivity contribution is -0.187. The van der Waals surface area contributed by atoms with Gasteiger partial charge < -0.3 is 10.0 Å². The smallest absolute Gasteiger partial charge is 0.391 e. The van der Waals surface area contributed by atoms with E-state index in [0.29, 0.717) is 25.7 Å². The van der Waals surface area contributed by atoms with Gasteiger partial charge in [0.2, 0.25) is 5.91 Å². The molecule has 0 aromatic rings. The third-order valence-electron chi connectivity index (χ3n) is 4.64. The lowest BCUT2D eigenvalue weighted by atomic mass is 9.80. The van der Waals surface area contributed by atoms with E-state index in [1.807, 2.05) is 0 Å². The first kappa shape index (κ1) is 16.1. The van der Waals surface area contributed by atoms with Crippen molar-refractivity contribution in [3.05, 3.63) is 0 Å². The zero-order chi connectivity index (χ0) is 15.6. The van der Waals surface area contributed by atoms with Gasteiger partial charge in [0.1, 0.15) is 0 Å². The molecular formula is C14H20F3NO3. The van der Waals surface area contributed by atoms with Crippen molar-refractivity contribution in [2.24, 2.45) is 17.8 Å². The maximum absolute atomic E-state index is 12.6. The summed E-state index contributed by atoms with van der Waals surface area (Å²) in [6, 6.07) is 0. The van der Waals surface area contributed by atoms with Crippen molar-refractivity contribution >= 4 is 11.9 Å². The van der Waals surface area contributed by atoms with Crippen LogP contribution in [0.15, 0.2) is 0 Å². The number of alkyl halides is 3. The summed E-state index contributed by atoms with van der Waals surface area (Å²) < 4.78 is 37.8. The van der Waals surface area contributed by atoms with E-state index < -0.39 is 24.0 Å². The molecule has 21 heavy (non-hydrogen) atoms. The minimum atomic E-state index is -4.19. The maximum atomic E-state index is 12.6. The van der Waals surface area contributed by atoms with E-state index in [0.717, 1.165) is 0 Å². The number of carbonyl (C=O) groups excluding carboxylic acids is 1. The highest BCUT2D eigenvalue weighted by molar-refractivity contribution is 5.80. The number of nitrogens with zero attached hydrogens (tertiary/aromatic N) is 1. The molecular weight excluding hydrogens is 287 g/mol. The van der Waals surface area contributed by atoms with E-state index in [9.17, 15) is 22.8 Å². The topological polar surface area (TPSA) is 57.6 Å². The zero-order valence-corrected chi connectivity index (χ0v) is 11.7. The summed E-state index contributed by atoms with van der Waals surface area (Å²) in [6.45, 7) is 0.245. The van der Waals surface area contributed by atoms with Gasteiger partial charge in [-0.25, -0.2) is 0 Å². The third kappa shape index (κ3) is 3.89. The molecule has 2 fully saturated rings. The molecule has 1 saturated heterocycles. The Morgan fingerprint density at radius 3 is 2.10 bits per heavy atom. The van der Waals surface area contributed by atoms with Crippen LogP contribution >= 0.6 is 0 Å². The fourth-order valence-electron chi connectivity index (χ4n) is 3.32. The number of halogens is 3. The Hall–Kier alpha value is -1.27. The lowest BCUT2D eigenvalue weighted by Gasteiger charge is -2.36. The van der Waals surface area contributed by atoms with Crippen molar-refractivity contribution in [3.8, 4) is 0 Å². The highest BCUT2D eigenvalue weighted by Gasteiger charge is 2.42. The molecule has 2 aliphatic rings. The predicted molar refractivity (Wildman–Crippen MR) is 68.4 cm³/mol. The Balaban J connectivity index is 1.88. The summed E-state index contributed by atoms with van der Waals surface area (Å²) >= 11 is 0. The monoisotopic (exact) mass is 307 g/mol. The minimum absolute atomic E-state index is 0.0513. The standard InChI is InChI=1S/C14H20F3NO3/c15-14(16,17)11-4-6-18(7-5-11)12(19)9-2-1-3-10(8-9)13(20)21/h9-11H,1-8H2,(H,20,21)/t9-,10+/m1/s1. The summed E-state index contributed by atoms with van der Waals surface area (Å²) in [5, 5.41) is 9.02. The van der Waals surface area contributed by atoms with Gasteiger partial charge in [0.05, 0.1) is 11.8 Å². The van der Waals surface area contributed by atoms with Gasteiger partial charge in [-0.1, -0.05) is 6.42 Å². The summed E-state index contributed by atoms with van der Waals surface area (Å²) in [5.41, 5.74) is 0. The van der Waals surface area contributed by atoms with E-state index in [4.69, 9.17) is 5.11 Å². The molecule has 1 aliphatic carbocycles. The molecule has 7 heteroatoms. The molecule has 1 heterocycles. The van der Waals surface area contributed by atoms with Crippen molar-refractivity contribution in [3.63, 3.8) is 0 Å². The van der Waals surface area contributed by atoms with Gasteiger partial charge in [-0.2, -0.15) is 13.2 Å². The number of amides is 1. The first-order valence-corrected chi connectivity index (χ1v) is 7.37. The van der Waals surface area contributed by atoms with Crippen LogP contribution in [0.3, 0.4) is 0 Å². The number of hydrogen-bond donors (Lipinski definition) is 1. The van der Waals surface area contributed by atoms with E-state index in [1.54, 1.807) is 0 Å². The number of hydrogen-bond acceptors (Lipinski definition) is 2. The molecule has 0 radical (unpaired) electrons. The number of carboxylic acids is 1. The van der Waals surface area contributed by atoms with Gasteiger partial charge in [0.15, 0.2) is 0 Å². The largest absolute Gasteiger partial charge is 0.481 e. The number of carboxylic acid groups (broad SMARTS) is 1. The second kappa shape index (κ2) is 6.23. The van der Waals surface area contributed by atoms with Crippen molar-refractivity contribution in [1.29, 1.82) is 0 Å². The summed E-state index contributed by atoms with van der Waals surface area (Å²) in [5.74, 6) is -3.22. The van der Waals surface area contributed by atoms with Crippen LogP contribution in [0, 0.1) is 17.8 Å². The lowest BCUT2D eigenvalue weighted by Crippen LogP contribution is -2.45. The second-order valence-corrected chi connectivity index (χ2v) is 6.04. The maximum Gasteiger partial charge on any atom is 0.391 e. The Morgan fingerprint density at radius 1 is 1.00 bits per heavy atom. The van der Waals surface area contributed by atoms with Crippen LogP contribution < -0.4 is 0 Å². The molecule has 1 N–H and O–H groups in total. The Bertz CT molecular complexity index is 403. The molecule has 0 bridgehead atoms. The number of carbonyl (C=O) groups is 2. The Morgan fingerprint density at radius 2 is 1.57 bits per heavy atom. The number of piperidine rings is 1. The fourth-order valence-corrected chi connectivity index (χ4v) is 3.32. The quantitative estimate of drug-likeness (QED) is 0.853. The average molecular weight is 307 g/mol. The van der Waals surface area contributed by atoms with E-state index in [1.165, 1.54) is 4.90 Å². The summed E-state index contributed by atoms with van der Waals surface area (Å²) in [7, 11) is 0. The molecule has 0 aromatic carbocycles. The molecule has 2 atom stereocenters. The number of likely N-dealkylation sites (tertiary alicyclic amines) is 1. The first-order valence-electron chi connectivity index (χ1n) is 7.37. The normalized spacial score (nSPS) is 28.4. The van der Waals surface area contributed by atoms with Crippen LogP contribution in [-0.2, 0) is 9.59 Å². The molecule has 0 aromatic heterocycles. The minimum Gasteiger partial charge on any atom is -0.481 e. The van der Waals surface area contributed by atoms with Gasteiger partial charge in [-0.3, -0.25) is 9.59 Å². The second-order valence-electron chi connectivity index (χ2n) is 6.04. The summed E-state index contributed by atoms with van der Waals surface area (Å²) in [4.78, 5) is 24.8. The predicted octanol–water partition coefficient (Wildman–Crippen LogP) is 2.68. The SMILES string of the molecule is O=C(O)[C@H]1CCC[C@@H](C(=O)N2CCC(C(F)(F)F)CC2)C1. The van der Waals surface area contributed by atoms with Crippen LogP contribution in [0.2, 0.25) is 0 Å². The van der Waals surface area contributed by atoms with E-state index >= 15 is 0 Å². The van der Waals surface area contributed by atoms with Crippen LogP contribution in [0.1, 0.15) is 38.5 Å². The highest BCUT2D eigenvalue weighted by Crippen LogP contribution is 2.36. The molecule has 2 rings (SSSR count). The molecule has 1 aliphatic heterocycles. The molecule has 0 spiro atoms. The third-order valence-corrected chi connectivity index (χ3v) is 4.64. The Labute approximate surface area is 121 Å². The van der Waals surface area contributed by atoms with Crippen LogP contribution in [0.4, 0.5) is 13.2 Å². The van der Waals surface area contributed by atoms with Gasteiger partial charge >= 0.3 is 12.1 Å². The van der Waals surface area contributed by atoms with E-state index in [2.05, 4.69) is 0 Å². The number of aliphatic carboxylic acids is 1. The fraction of sp³-hybridized carbons (Fsp3) is 0.857. The Kier molecular flexibility index (Phi) is 4.78. The van der Waals surface area contributed by atoms with Gasteiger partial charge in [-0.15, -0.1) is 0 Å². The van der Waals surface area contributed by atoms with Crippen molar-refractivity contribution in [2.45, 2.75) is 44.7 Å². The van der Waals surface area contributed by atoms with Crippen LogP contribution in [0.25, 0.3) is 0 Å². The number of rotatable bonds is 2. The molecule has 4 nitrogen and oxygen atoms in total. The van der Waals surface area contributed by atoms with Crippen LogP contribution in [-0.4, -0.2) is 41.1 Å². The highest BCUT2D eigenvalue weighted by atomic mass is 19.4. The van der Waals surface area contributed by atoms with Gasteiger partial charge in [0.25, 0.3) is 0 Å². The average Bonchev–Trinajstić information content (AvgIpc) is 2.46. The molecule has 0 unspecified atom stereocenters. The molecule has 120 valence electrons. The van der Waals surface area contributed by atoms with Crippen LogP contribution in [0.5, 0.6) is 0 Å². The van der Waals surface area contributed by atoms with Gasteiger partial charge in [-0.05, 0) is 32.1 Å². The van der Waals surface area contributed by atoms with Crippen molar-refractivity contribution in [1.82, 2.24) is 4.90 Å². The molecule has 1 amide bonds. The van der Waals surface area contributed by atoms with Crippen molar-refractivity contribution < 1.29 is 27.9 Å². The summed E-state index contributed by atoms with van der Waals surface area (Å²) in [6.07, 6.45) is -2.07. The van der Waals surface area contributed by atoms with Crippen molar-refractivity contribution in [2.75, 3.05) is 13.1 Å².